The van der Waals surface area contributed by atoms with E-state index in [1.165, 1.54) is 36.3 Å². The van der Waals surface area contributed by atoms with E-state index < -0.39 is 0 Å². The van der Waals surface area contributed by atoms with Crippen LogP contribution in [0.15, 0.2) is 22.9 Å². The lowest BCUT2D eigenvalue weighted by Gasteiger charge is -2.28. The largest absolute Gasteiger partial charge is 0.330 e. The molecule has 3 N–H and O–H groups in total. The van der Waals surface area contributed by atoms with Crippen molar-refractivity contribution in [2.75, 3.05) is 6.54 Å². The van der Waals surface area contributed by atoms with Gasteiger partial charge in [0.05, 0.1) is 10.6 Å². The fourth-order valence-corrected chi connectivity index (χ4v) is 4.39. The van der Waals surface area contributed by atoms with Gasteiger partial charge in [0.15, 0.2) is 0 Å². The molecular formula is C15H21N3S2. The number of nitrogens with one attached hydrogen (secondary N) is 1. The Bertz CT molecular complexity index is 513. The molecule has 2 aromatic heterocycles. The Kier molecular flexibility index (Phi) is 4.83. The van der Waals surface area contributed by atoms with Crippen LogP contribution in [0, 0.1) is 5.92 Å². The standard InChI is InChI=1S/C15H21N3S2/c16-8-11-3-5-12(6-4-11)17-9-13-10-20-15(18-13)14-2-1-7-19-14/h1-2,7,10-12,17H,3-6,8-9,16H2. The molecular weight excluding hydrogens is 286 g/mol. The molecule has 3 nitrogen and oxygen atoms in total. The molecule has 2 heterocycles. The lowest BCUT2D eigenvalue weighted by molar-refractivity contribution is 0.295. The second-order valence-electron chi connectivity index (χ2n) is 5.46. The number of thiophene rings is 1. The van der Waals surface area contributed by atoms with E-state index in [1.54, 1.807) is 22.7 Å². The average Bonchev–Trinajstić information content (AvgIpc) is 3.16. The highest BCUT2D eigenvalue weighted by Crippen LogP contribution is 2.28. The van der Waals surface area contributed by atoms with Gasteiger partial charge in [-0.2, -0.15) is 0 Å². The zero-order valence-corrected chi connectivity index (χ0v) is 13.2. The predicted octanol–water partition coefficient (Wildman–Crippen LogP) is 3.48. The van der Waals surface area contributed by atoms with Gasteiger partial charge >= 0.3 is 0 Å². The lowest BCUT2D eigenvalue weighted by atomic mass is 9.86. The Morgan fingerprint density at radius 1 is 1.25 bits per heavy atom. The molecule has 1 saturated carbocycles. The highest BCUT2D eigenvalue weighted by atomic mass is 32.1. The van der Waals surface area contributed by atoms with Crippen LogP contribution in [0.4, 0.5) is 0 Å². The molecule has 5 heteroatoms. The molecule has 2 aromatic rings. The minimum atomic E-state index is 0.643. The van der Waals surface area contributed by atoms with Gasteiger partial charge in [-0.15, -0.1) is 22.7 Å². The summed E-state index contributed by atoms with van der Waals surface area (Å²) in [6.45, 7) is 1.74. The highest BCUT2D eigenvalue weighted by molar-refractivity contribution is 7.20. The van der Waals surface area contributed by atoms with Crippen LogP contribution in [0.3, 0.4) is 0 Å². The summed E-state index contributed by atoms with van der Waals surface area (Å²) in [5.74, 6) is 0.748. The van der Waals surface area contributed by atoms with E-state index in [4.69, 9.17) is 10.7 Å². The van der Waals surface area contributed by atoms with Crippen LogP contribution in [0.1, 0.15) is 31.4 Å². The van der Waals surface area contributed by atoms with E-state index in [2.05, 4.69) is 28.2 Å². The van der Waals surface area contributed by atoms with E-state index >= 15 is 0 Å². The van der Waals surface area contributed by atoms with Crippen molar-refractivity contribution in [2.24, 2.45) is 11.7 Å². The molecule has 0 radical (unpaired) electrons. The molecule has 0 aliphatic heterocycles. The molecule has 0 aromatic carbocycles. The van der Waals surface area contributed by atoms with Gasteiger partial charge < -0.3 is 11.1 Å². The Balaban J connectivity index is 1.50. The maximum atomic E-state index is 5.73. The predicted molar refractivity (Wildman–Crippen MR) is 87.1 cm³/mol. The number of hydrogen-bond donors (Lipinski definition) is 2. The topological polar surface area (TPSA) is 50.9 Å². The lowest BCUT2D eigenvalue weighted by Crippen LogP contribution is -2.34. The number of thiazole rings is 1. The molecule has 0 amide bonds. The van der Waals surface area contributed by atoms with Gasteiger partial charge in [0.1, 0.15) is 5.01 Å². The van der Waals surface area contributed by atoms with Gasteiger partial charge in [0.25, 0.3) is 0 Å². The summed E-state index contributed by atoms with van der Waals surface area (Å²) in [6, 6.07) is 4.86. The summed E-state index contributed by atoms with van der Waals surface area (Å²) in [5.41, 5.74) is 6.90. The van der Waals surface area contributed by atoms with Crippen molar-refractivity contribution in [3.05, 3.63) is 28.6 Å². The average molecular weight is 307 g/mol. The summed E-state index contributed by atoms with van der Waals surface area (Å²) >= 11 is 3.49. The number of nitrogens with zero attached hydrogens (tertiary/aromatic N) is 1. The van der Waals surface area contributed by atoms with Crippen molar-refractivity contribution in [2.45, 2.75) is 38.3 Å². The van der Waals surface area contributed by atoms with E-state index in [0.29, 0.717) is 6.04 Å². The third kappa shape index (κ3) is 3.47. The van der Waals surface area contributed by atoms with Crippen LogP contribution in [0.25, 0.3) is 9.88 Å². The van der Waals surface area contributed by atoms with Crippen molar-refractivity contribution in [1.82, 2.24) is 10.3 Å². The molecule has 20 heavy (non-hydrogen) atoms. The van der Waals surface area contributed by atoms with Crippen LogP contribution in [-0.4, -0.2) is 17.6 Å². The smallest absolute Gasteiger partial charge is 0.133 e. The first-order valence-corrected chi connectivity index (χ1v) is 9.03. The Morgan fingerprint density at radius 2 is 2.10 bits per heavy atom. The van der Waals surface area contributed by atoms with Crippen LogP contribution >= 0.6 is 22.7 Å². The van der Waals surface area contributed by atoms with Gasteiger partial charge in [-0.05, 0) is 49.6 Å². The summed E-state index contributed by atoms with van der Waals surface area (Å²) in [4.78, 5) is 5.98. The molecule has 0 bridgehead atoms. The number of nitrogens with two attached hydrogens (primary N) is 1. The molecule has 1 aliphatic carbocycles. The number of rotatable bonds is 5. The summed E-state index contributed by atoms with van der Waals surface area (Å²) in [6.07, 6.45) is 5.05. The molecule has 3 rings (SSSR count). The zero-order chi connectivity index (χ0) is 13.8. The SMILES string of the molecule is NCC1CCC(NCc2csc(-c3cccs3)n2)CC1. The first-order valence-electron chi connectivity index (χ1n) is 7.27. The van der Waals surface area contributed by atoms with Crippen molar-refractivity contribution < 1.29 is 0 Å². The van der Waals surface area contributed by atoms with E-state index in [1.807, 2.05) is 0 Å². The fourth-order valence-electron chi connectivity index (χ4n) is 2.75. The maximum Gasteiger partial charge on any atom is 0.133 e. The third-order valence-corrected chi connectivity index (χ3v) is 5.97. The Hall–Kier alpha value is -0.750. The fraction of sp³-hybridized carbons (Fsp3) is 0.533. The summed E-state index contributed by atoms with van der Waals surface area (Å²) < 4.78 is 0. The summed E-state index contributed by atoms with van der Waals surface area (Å²) in [7, 11) is 0. The van der Waals surface area contributed by atoms with Gasteiger partial charge in [-0.1, -0.05) is 6.07 Å². The molecule has 0 saturated heterocycles. The van der Waals surface area contributed by atoms with Crippen LogP contribution in [-0.2, 0) is 6.54 Å². The molecule has 1 aliphatic rings. The zero-order valence-electron chi connectivity index (χ0n) is 11.5. The van der Waals surface area contributed by atoms with Gasteiger partial charge in [0, 0.05) is 18.0 Å². The van der Waals surface area contributed by atoms with Crippen molar-refractivity contribution in [3.8, 4) is 9.88 Å². The first-order chi connectivity index (χ1) is 9.85. The van der Waals surface area contributed by atoms with E-state index in [-0.39, 0.29) is 0 Å². The quantitative estimate of drug-likeness (QED) is 0.889. The van der Waals surface area contributed by atoms with Crippen LogP contribution < -0.4 is 11.1 Å². The van der Waals surface area contributed by atoms with Gasteiger partial charge in [-0.25, -0.2) is 4.98 Å². The van der Waals surface area contributed by atoms with Crippen LogP contribution in [0.2, 0.25) is 0 Å². The first kappa shape index (κ1) is 14.2. The summed E-state index contributed by atoms with van der Waals surface area (Å²) in [5, 5.41) is 9.07. The molecule has 0 spiro atoms. The Labute approximate surface area is 128 Å². The minimum absolute atomic E-state index is 0.643. The highest BCUT2D eigenvalue weighted by Gasteiger charge is 2.19. The number of aromatic nitrogens is 1. The monoisotopic (exact) mass is 307 g/mol. The normalized spacial score (nSPS) is 23.1. The van der Waals surface area contributed by atoms with E-state index in [9.17, 15) is 0 Å². The minimum Gasteiger partial charge on any atom is -0.330 e. The molecule has 108 valence electrons. The second kappa shape index (κ2) is 6.80. The number of hydrogen-bond acceptors (Lipinski definition) is 5. The van der Waals surface area contributed by atoms with Gasteiger partial charge in [0.2, 0.25) is 0 Å². The van der Waals surface area contributed by atoms with Crippen LogP contribution in [0.5, 0.6) is 0 Å². The third-order valence-electron chi connectivity index (χ3n) is 4.04. The van der Waals surface area contributed by atoms with Crippen molar-refractivity contribution >= 4 is 22.7 Å². The van der Waals surface area contributed by atoms with Gasteiger partial charge in [-0.3, -0.25) is 0 Å². The molecule has 0 unspecified atom stereocenters. The molecule has 1 fully saturated rings. The van der Waals surface area contributed by atoms with Crippen molar-refractivity contribution in [1.29, 1.82) is 0 Å². The molecule has 0 atom stereocenters. The Morgan fingerprint density at radius 3 is 2.80 bits per heavy atom. The second-order valence-corrected chi connectivity index (χ2v) is 7.26. The van der Waals surface area contributed by atoms with E-state index in [0.717, 1.165) is 24.0 Å². The van der Waals surface area contributed by atoms with Crippen molar-refractivity contribution in [3.63, 3.8) is 0 Å². The maximum absolute atomic E-state index is 5.73.